The van der Waals surface area contributed by atoms with Crippen molar-refractivity contribution in [2.24, 2.45) is 0 Å². The largest absolute Gasteiger partial charge is 0.480 e. The molecule has 2 amide bonds. The summed E-state index contributed by atoms with van der Waals surface area (Å²) in [5.41, 5.74) is 3.88. The van der Waals surface area contributed by atoms with Crippen LogP contribution in [0.1, 0.15) is 37.5 Å². The SMILES string of the molecule is Cc1cc(C(C)(C)C)cc(C)c1NC(=O)NCC(=O)O. The van der Waals surface area contributed by atoms with Gasteiger partial charge in [-0.05, 0) is 36.0 Å². The Hall–Kier alpha value is -2.04. The lowest BCUT2D eigenvalue weighted by Gasteiger charge is -2.22. The molecule has 0 saturated carbocycles. The van der Waals surface area contributed by atoms with Crippen LogP contribution in [0.3, 0.4) is 0 Å². The second-order valence-corrected chi connectivity index (χ2v) is 5.94. The van der Waals surface area contributed by atoms with E-state index in [4.69, 9.17) is 5.11 Å². The van der Waals surface area contributed by atoms with E-state index in [-0.39, 0.29) is 5.41 Å². The Labute approximate surface area is 119 Å². The Kier molecular flexibility index (Phi) is 4.76. The molecule has 0 atom stereocenters. The zero-order chi connectivity index (χ0) is 15.5. The molecule has 0 radical (unpaired) electrons. The van der Waals surface area contributed by atoms with Gasteiger partial charge < -0.3 is 15.7 Å². The molecule has 0 aromatic heterocycles. The topological polar surface area (TPSA) is 78.4 Å². The number of hydrogen-bond acceptors (Lipinski definition) is 2. The van der Waals surface area contributed by atoms with Crippen molar-refractivity contribution in [3.63, 3.8) is 0 Å². The van der Waals surface area contributed by atoms with Crippen LogP contribution in [0, 0.1) is 13.8 Å². The quantitative estimate of drug-likeness (QED) is 0.795. The molecule has 1 aromatic carbocycles. The summed E-state index contributed by atoms with van der Waals surface area (Å²) in [4.78, 5) is 22.0. The molecule has 0 heterocycles. The standard InChI is InChI=1S/C15H22N2O3/c1-9-6-11(15(3,4)5)7-10(2)13(9)17-14(20)16-8-12(18)19/h6-7H,8H2,1-5H3,(H,18,19)(H2,16,17,20). The zero-order valence-electron chi connectivity index (χ0n) is 12.6. The van der Waals surface area contributed by atoms with E-state index in [2.05, 4.69) is 31.4 Å². The van der Waals surface area contributed by atoms with E-state index in [1.165, 1.54) is 5.56 Å². The maximum Gasteiger partial charge on any atom is 0.323 e. The van der Waals surface area contributed by atoms with E-state index in [0.29, 0.717) is 0 Å². The highest BCUT2D eigenvalue weighted by atomic mass is 16.4. The molecule has 1 rings (SSSR count). The summed E-state index contributed by atoms with van der Waals surface area (Å²) in [6.07, 6.45) is 0. The van der Waals surface area contributed by atoms with Crippen molar-refractivity contribution < 1.29 is 14.7 Å². The van der Waals surface area contributed by atoms with Crippen LogP contribution in [0.25, 0.3) is 0 Å². The molecular weight excluding hydrogens is 256 g/mol. The van der Waals surface area contributed by atoms with Crippen LogP contribution in [-0.2, 0) is 10.2 Å². The normalized spacial score (nSPS) is 11.1. The molecule has 0 aliphatic carbocycles. The Morgan fingerprint density at radius 2 is 1.65 bits per heavy atom. The Bertz CT molecular complexity index is 507. The molecule has 0 aliphatic rings. The van der Waals surface area contributed by atoms with Crippen LogP contribution in [0.5, 0.6) is 0 Å². The zero-order valence-corrected chi connectivity index (χ0v) is 12.6. The summed E-state index contributed by atoms with van der Waals surface area (Å²) < 4.78 is 0. The highest BCUT2D eigenvalue weighted by Gasteiger charge is 2.17. The van der Waals surface area contributed by atoms with Crippen LogP contribution in [0.4, 0.5) is 10.5 Å². The monoisotopic (exact) mass is 278 g/mol. The van der Waals surface area contributed by atoms with Crippen molar-refractivity contribution in [2.75, 3.05) is 11.9 Å². The first kappa shape index (κ1) is 16.0. The van der Waals surface area contributed by atoms with Crippen molar-refractivity contribution in [3.05, 3.63) is 28.8 Å². The number of urea groups is 1. The third-order valence-corrected chi connectivity index (χ3v) is 3.04. The number of aryl methyl sites for hydroxylation is 2. The fourth-order valence-electron chi connectivity index (χ4n) is 1.91. The van der Waals surface area contributed by atoms with Crippen LogP contribution < -0.4 is 10.6 Å². The molecule has 0 saturated heterocycles. The minimum absolute atomic E-state index is 0.0413. The van der Waals surface area contributed by atoms with Gasteiger partial charge in [-0.1, -0.05) is 32.9 Å². The number of amides is 2. The van der Waals surface area contributed by atoms with Crippen molar-refractivity contribution >= 4 is 17.7 Å². The molecule has 1 aromatic rings. The molecule has 0 bridgehead atoms. The predicted octanol–water partition coefficient (Wildman–Crippen LogP) is 2.81. The lowest BCUT2D eigenvalue weighted by Crippen LogP contribution is -2.33. The minimum Gasteiger partial charge on any atom is -0.480 e. The van der Waals surface area contributed by atoms with E-state index in [9.17, 15) is 9.59 Å². The lowest BCUT2D eigenvalue weighted by atomic mass is 9.85. The number of nitrogens with one attached hydrogen (secondary N) is 2. The van der Waals surface area contributed by atoms with Crippen LogP contribution >= 0.6 is 0 Å². The van der Waals surface area contributed by atoms with Crippen molar-refractivity contribution in [1.29, 1.82) is 0 Å². The van der Waals surface area contributed by atoms with Crippen LogP contribution in [0.2, 0.25) is 0 Å². The molecule has 0 unspecified atom stereocenters. The average Bonchev–Trinajstić information content (AvgIpc) is 2.29. The van der Waals surface area contributed by atoms with Crippen LogP contribution in [0.15, 0.2) is 12.1 Å². The summed E-state index contributed by atoms with van der Waals surface area (Å²) in [7, 11) is 0. The van der Waals surface area contributed by atoms with Crippen molar-refractivity contribution in [1.82, 2.24) is 5.32 Å². The van der Waals surface area contributed by atoms with Gasteiger partial charge in [-0.2, -0.15) is 0 Å². The first-order valence-electron chi connectivity index (χ1n) is 6.49. The smallest absolute Gasteiger partial charge is 0.323 e. The van der Waals surface area contributed by atoms with Crippen molar-refractivity contribution in [3.8, 4) is 0 Å². The molecule has 3 N–H and O–H groups in total. The first-order valence-corrected chi connectivity index (χ1v) is 6.49. The molecular formula is C15H22N2O3. The summed E-state index contributed by atoms with van der Waals surface area (Å²) >= 11 is 0. The number of carbonyl (C=O) groups excluding carboxylic acids is 1. The maximum absolute atomic E-state index is 11.6. The molecule has 0 aliphatic heterocycles. The number of carbonyl (C=O) groups is 2. The fraction of sp³-hybridized carbons (Fsp3) is 0.467. The highest BCUT2D eigenvalue weighted by molar-refractivity contribution is 5.92. The Morgan fingerprint density at radius 1 is 1.15 bits per heavy atom. The van der Waals surface area contributed by atoms with E-state index < -0.39 is 18.5 Å². The Morgan fingerprint density at radius 3 is 2.05 bits per heavy atom. The number of aliphatic carboxylic acids is 1. The van der Waals surface area contributed by atoms with Gasteiger partial charge in [0, 0.05) is 5.69 Å². The lowest BCUT2D eigenvalue weighted by molar-refractivity contribution is -0.135. The van der Waals surface area contributed by atoms with Gasteiger partial charge in [-0.15, -0.1) is 0 Å². The molecule has 5 nitrogen and oxygen atoms in total. The van der Waals surface area contributed by atoms with Gasteiger partial charge in [0.1, 0.15) is 6.54 Å². The van der Waals surface area contributed by atoms with Gasteiger partial charge in [0.25, 0.3) is 0 Å². The summed E-state index contributed by atoms with van der Waals surface area (Å²) in [6, 6.07) is 3.57. The number of benzene rings is 1. The van der Waals surface area contributed by atoms with Gasteiger partial charge >= 0.3 is 12.0 Å². The third-order valence-electron chi connectivity index (χ3n) is 3.04. The summed E-state index contributed by atoms with van der Waals surface area (Å²) in [6.45, 7) is 9.85. The van der Waals surface area contributed by atoms with Gasteiger partial charge in [-0.3, -0.25) is 4.79 Å². The van der Waals surface area contributed by atoms with E-state index >= 15 is 0 Å². The number of anilines is 1. The second-order valence-electron chi connectivity index (χ2n) is 5.94. The first-order chi connectivity index (χ1) is 9.11. The predicted molar refractivity (Wildman–Crippen MR) is 79.3 cm³/mol. The van der Waals surface area contributed by atoms with Gasteiger partial charge in [0.2, 0.25) is 0 Å². The molecule has 20 heavy (non-hydrogen) atoms. The minimum atomic E-state index is -1.07. The molecule has 110 valence electrons. The summed E-state index contributed by atoms with van der Waals surface area (Å²) in [5, 5.41) is 13.5. The molecule has 0 spiro atoms. The van der Waals surface area contributed by atoms with E-state index in [1.807, 2.05) is 26.0 Å². The van der Waals surface area contributed by atoms with Crippen LogP contribution in [-0.4, -0.2) is 23.7 Å². The number of rotatable bonds is 3. The molecule has 0 fully saturated rings. The summed E-state index contributed by atoms with van der Waals surface area (Å²) in [5.74, 6) is -1.07. The number of hydrogen-bond donors (Lipinski definition) is 3. The van der Waals surface area contributed by atoms with Crippen molar-refractivity contribution in [2.45, 2.75) is 40.0 Å². The maximum atomic E-state index is 11.6. The number of carboxylic acids is 1. The van der Waals surface area contributed by atoms with E-state index in [0.717, 1.165) is 16.8 Å². The van der Waals surface area contributed by atoms with Gasteiger partial charge in [-0.25, -0.2) is 4.79 Å². The second kappa shape index (κ2) is 5.94. The third kappa shape index (κ3) is 4.26. The van der Waals surface area contributed by atoms with E-state index in [1.54, 1.807) is 0 Å². The van der Waals surface area contributed by atoms with Gasteiger partial charge in [0.05, 0.1) is 0 Å². The fourth-order valence-corrected chi connectivity index (χ4v) is 1.91. The molecule has 5 heteroatoms. The Balaban J connectivity index is 2.92. The van der Waals surface area contributed by atoms with Gasteiger partial charge in [0.15, 0.2) is 0 Å². The number of carboxylic acid groups (broad SMARTS) is 1. The average molecular weight is 278 g/mol. The highest BCUT2D eigenvalue weighted by Crippen LogP contribution is 2.29.